The van der Waals surface area contributed by atoms with Crippen molar-refractivity contribution in [2.24, 2.45) is 11.8 Å². The van der Waals surface area contributed by atoms with Gasteiger partial charge in [0.25, 0.3) is 0 Å². The molecule has 7 nitrogen and oxygen atoms in total. The van der Waals surface area contributed by atoms with Crippen LogP contribution in [0.25, 0.3) is 0 Å². The molecule has 7 heteroatoms. The lowest BCUT2D eigenvalue weighted by atomic mass is 9.72. The number of methoxy groups -OCH3 is 1. The monoisotopic (exact) mass is 311 g/mol. The van der Waals surface area contributed by atoms with E-state index in [0.29, 0.717) is 0 Å². The summed E-state index contributed by atoms with van der Waals surface area (Å²) in [6.07, 6.45) is 1.70. The fraction of sp³-hybridized carbons (Fsp3) is 0.733. The highest BCUT2D eigenvalue weighted by Crippen LogP contribution is 2.52. The number of β-lactam (4-membered cyclic amide) rings is 1. The second-order valence-corrected chi connectivity index (χ2v) is 6.07. The molecule has 3 rings (SSSR count). The molecule has 0 unspecified atom stereocenters. The predicted molar refractivity (Wildman–Crippen MR) is 74.1 cm³/mol. The van der Waals surface area contributed by atoms with Crippen LogP contribution in [0.4, 0.5) is 0 Å². The van der Waals surface area contributed by atoms with Crippen LogP contribution in [0.15, 0.2) is 11.3 Å². The van der Waals surface area contributed by atoms with Gasteiger partial charge in [-0.25, -0.2) is 4.79 Å². The van der Waals surface area contributed by atoms with Crippen molar-refractivity contribution in [1.82, 2.24) is 4.90 Å². The molecule has 1 aliphatic carbocycles. The Kier molecular flexibility index (Phi) is 3.96. The maximum Gasteiger partial charge on any atom is 0.389 e. The van der Waals surface area contributed by atoms with Crippen LogP contribution in [0.2, 0.25) is 0 Å². The van der Waals surface area contributed by atoms with Crippen molar-refractivity contribution in [1.29, 1.82) is 0 Å². The molecule has 0 aromatic carbocycles. The van der Waals surface area contributed by atoms with E-state index in [-0.39, 0.29) is 29.7 Å². The molecule has 1 saturated heterocycles. The normalized spacial score (nSPS) is 34.9. The summed E-state index contributed by atoms with van der Waals surface area (Å²) in [5.74, 6) is -1.34. The van der Waals surface area contributed by atoms with Crippen LogP contribution in [0.1, 0.15) is 26.2 Å². The lowest BCUT2D eigenvalue weighted by Gasteiger charge is -2.47. The van der Waals surface area contributed by atoms with Crippen LogP contribution >= 0.6 is 0 Å². The van der Waals surface area contributed by atoms with Crippen molar-refractivity contribution in [3.05, 3.63) is 11.3 Å². The molecule has 5 atom stereocenters. The third kappa shape index (κ3) is 2.00. The molecule has 2 fully saturated rings. The Bertz CT molecular complexity index is 528. The average Bonchev–Trinajstić information content (AvgIpc) is 2.77. The summed E-state index contributed by atoms with van der Waals surface area (Å²) in [5.41, 5.74) is 1.06. The maximum absolute atomic E-state index is 12.4. The maximum atomic E-state index is 12.4. The Hall–Kier alpha value is -1.44. The van der Waals surface area contributed by atoms with Gasteiger partial charge in [0.15, 0.2) is 0 Å². The largest absolute Gasteiger partial charge is 0.393 e. The summed E-state index contributed by atoms with van der Waals surface area (Å²) in [6.45, 7) is 1.61. The average molecular weight is 311 g/mol. The molecule has 2 heterocycles. The number of carbonyl (C=O) groups excluding carboxylic acids is 2. The molecule has 1 N–H and O–H groups in total. The summed E-state index contributed by atoms with van der Waals surface area (Å²) in [4.78, 5) is 35.2. The summed E-state index contributed by atoms with van der Waals surface area (Å²) >= 11 is 0. The van der Waals surface area contributed by atoms with Gasteiger partial charge in [-0.15, -0.1) is 0 Å². The first kappa shape index (κ1) is 15.5. The molecule has 0 bridgehead atoms. The minimum Gasteiger partial charge on any atom is -0.393 e. The van der Waals surface area contributed by atoms with Crippen molar-refractivity contribution in [3.8, 4) is 0 Å². The molecule has 3 aliphatic rings. The molecule has 1 saturated carbocycles. The van der Waals surface area contributed by atoms with Crippen LogP contribution in [0, 0.1) is 11.8 Å². The standard InChI is InChI=1S/C15H21NO6/c1-7(17)10-12-8-5-4-6-9(20-2)11(8)13(15(19)22-21-3)16(12)14(10)18/h7-10,12,17H,4-6H2,1-3H3/t7-,8+,9+,10-,12-/m1/s1. The van der Waals surface area contributed by atoms with Crippen molar-refractivity contribution in [2.75, 3.05) is 14.2 Å². The second-order valence-electron chi connectivity index (χ2n) is 6.07. The minimum absolute atomic E-state index is 0.0374. The van der Waals surface area contributed by atoms with Crippen molar-refractivity contribution >= 4 is 11.9 Å². The Morgan fingerprint density at radius 3 is 2.68 bits per heavy atom. The van der Waals surface area contributed by atoms with Gasteiger partial charge < -0.3 is 14.7 Å². The highest BCUT2D eigenvalue weighted by molar-refractivity contribution is 6.00. The van der Waals surface area contributed by atoms with E-state index in [2.05, 4.69) is 9.78 Å². The fourth-order valence-corrected chi connectivity index (χ4v) is 4.18. The highest BCUT2D eigenvalue weighted by atomic mass is 17.2. The van der Waals surface area contributed by atoms with Gasteiger partial charge in [-0.3, -0.25) is 9.68 Å². The van der Waals surface area contributed by atoms with Gasteiger partial charge >= 0.3 is 5.97 Å². The quantitative estimate of drug-likeness (QED) is 0.459. The lowest BCUT2D eigenvalue weighted by Crippen LogP contribution is -2.64. The van der Waals surface area contributed by atoms with Gasteiger partial charge in [0, 0.05) is 13.0 Å². The van der Waals surface area contributed by atoms with Crippen LogP contribution in [0.5, 0.6) is 0 Å². The number of fused-ring (bicyclic) bond motifs is 3. The number of aliphatic hydroxyl groups is 1. The first-order valence-electron chi connectivity index (χ1n) is 7.55. The van der Waals surface area contributed by atoms with Crippen LogP contribution in [-0.2, 0) is 24.1 Å². The van der Waals surface area contributed by atoms with Crippen LogP contribution < -0.4 is 0 Å². The van der Waals surface area contributed by atoms with Crippen molar-refractivity contribution < 1.29 is 29.2 Å². The van der Waals surface area contributed by atoms with Gasteiger partial charge in [-0.05, 0) is 31.8 Å². The predicted octanol–water partition coefficient (Wildman–Crippen LogP) is 0.382. The molecule has 0 aromatic heterocycles. The summed E-state index contributed by atoms with van der Waals surface area (Å²) in [5, 5.41) is 9.89. The minimum atomic E-state index is -0.740. The van der Waals surface area contributed by atoms with Crippen LogP contribution in [0.3, 0.4) is 0 Å². The molecule has 2 aliphatic heterocycles. The van der Waals surface area contributed by atoms with Gasteiger partial charge in [0.1, 0.15) is 5.70 Å². The zero-order valence-corrected chi connectivity index (χ0v) is 12.9. The summed E-state index contributed by atoms with van der Waals surface area (Å²) in [6, 6.07) is -0.181. The topological polar surface area (TPSA) is 85.3 Å². The first-order chi connectivity index (χ1) is 10.5. The number of carbonyl (C=O) groups is 2. The number of rotatable bonds is 4. The van der Waals surface area contributed by atoms with Gasteiger partial charge in [-0.1, -0.05) is 0 Å². The van der Waals surface area contributed by atoms with E-state index in [4.69, 9.17) is 4.74 Å². The lowest BCUT2D eigenvalue weighted by molar-refractivity contribution is -0.252. The Morgan fingerprint density at radius 2 is 2.09 bits per heavy atom. The van der Waals surface area contributed by atoms with Gasteiger partial charge in [0.2, 0.25) is 5.91 Å². The van der Waals surface area contributed by atoms with E-state index in [1.807, 2.05) is 0 Å². The Balaban J connectivity index is 2.02. The molecule has 22 heavy (non-hydrogen) atoms. The SMILES string of the molecule is COOC(=O)C1=C2[C@@H](OC)CCC[C@@H]2[C@@H]2[C@@H]([C@@H](C)O)C(=O)N12. The molecule has 0 spiro atoms. The van der Waals surface area contributed by atoms with Crippen molar-refractivity contribution in [2.45, 2.75) is 44.4 Å². The first-order valence-corrected chi connectivity index (χ1v) is 7.55. The zero-order valence-electron chi connectivity index (χ0n) is 12.9. The number of aliphatic hydroxyl groups excluding tert-OH is 1. The van der Waals surface area contributed by atoms with E-state index in [9.17, 15) is 14.7 Å². The number of hydrogen-bond acceptors (Lipinski definition) is 6. The number of nitrogens with zero attached hydrogens (tertiary/aromatic N) is 1. The molecular weight excluding hydrogens is 290 g/mol. The van der Waals surface area contributed by atoms with E-state index in [0.717, 1.165) is 24.8 Å². The van der Waals surface area contributed by atoms with Crippen LogP contribution in [-0.4, -0.2) is 54.4 Å². The Labute approximate surface area is 128 Å². The number of amides is 1. The molecular formula is C15H21NO6. The fourth-order valence-electron chi connectivity index (χ4n) is 4.18. The second kappa shape index (κ2) is 5.64. The molecule has 0 radical (unpaired) electrons. The van der Waals surface area contributed by atoms with Gasteiger partial charge in [-0.2, -0.15) is 4.89 Å². The molecule has 122 valence electrons. The number of hydrogen-bond donors (Lipinski definition) is 1. The smallest absolute Gasteiger partial charge is 0.389 e. The third-order valence-corrected chi connectivity index (χ3v) is 5.00. The Morgan fingerprint density at radius 1 is 1.36 bits per heavy atom. The third-order valence-electron chi connectivity index (χ3n) is 5.00. The molecule has 1 amide bonds. The van der Waals surface area contributed by atoms with Gasteiger partial charge in [0.05, 0.1) is 31.3 Å². The molecule has 0 aromatic rings. The van der Waals surface area contributed by atoms with E-state index in [1.54, 1.807) is 14.0 Å². The number of ether oxygens (including phenoxy) is 1. The van der Waals surface area contributed by atoms with E-state index >= 15 is 0 Å². The highest BCUT2D eigenvalue weighted by Gasteiger charge is 2.62. The summed E-state index contributed by atoms with van der Waals surface area (Å²) in [7, 11) is 2.85. The van der Waals surface area contributed by atoms with E-state index < -0.39 is 18.0 Å². The van der Waals surface area contributed by atoms with Crippen molar-refractivity contribution in [3.63, 3.8) is 0 Å². The van der Waals surface area contributed by atoms with E-state index in [1.165, 1.54) is 12.0 Å². The summed E-state index contributed by atoms with van der Waals surface area (Å²) < 4.78 is 5.51. The zero-order chi connectivity index (χ0) is 16.0.